The van der Waals surface area contributed by atoms with Crippen molar-refractivity contribution in [3.8, 4) is 17.1 Å². The second-order valence-electron chi connectivity index (χ2n) is 10.6. The number of hydrogen-bond donors (Lipinski definition) is 1. The fraction of sp³-hybridized carbons (Fsp3) is 0.323. The monoisotopic (exact) mass is 543 g/mol. The van der Waals surface area contributed by atoms with Crippen LogP contribution in [0.5, 0.6) is 5.75 Å². The summed E-state index contributed by atoms with van der Waals surface area (Å²) in [6.07, 6.45) is -0.503. The third-order valence-corrected chi connectivity index (χ3v) is 6.61. The molecule has 4 aromatic rings. The lowest BCUT2D eigenvalue weighted by Gasteiger charge is -2.40. The first kappa shape index (κ1) is 27.4. The zero-order valence-corrected chi connectivity index (χ0v) is 22.8. The molecule has 9 heteroatoms. The van der Waals surface area contributed by atoms with Gasteiger partial charge in [-0.1, -0.05) is 71.9 Å². The average molecular weight is 544 g/mol. The molecule has 1 aromatic heterocycles. The lowest BCUT2D eigenvalue weighted by atomic mass is 9.92. The molecule has 0 radical (unpaired) electrons. The normalized spacial score (nSPS) is 14.7. The van der Waals surface area contributed by atoms with E-state index in [2.05, 4.69) is 10.1 Å². The highest BCUT2D eigenvalue weighted by Crippen LogP contribution is 2.35. The maximum Gasteiger partial charge on any atom is 0.408 e. The third-order valence-electron chi connectivity index (χ3n) is 6.61. The molecule has 40 heavy (non-hydrogen) atoms. The third kappa shape index (κ3) is 6.50. The molecule has 5 rings (SSSR count). The van der Waals surface area contributed by atoms with Gasteiger partial charge in [-0.05, 0) is 49.6 Å². The fourth-order valence-electron chi connectivity index (χ4n) is 4.77. The quantitative estimate of drug-likeness (QED) is 0.270. The minimum absolute atomic E-state index is 0.0722. The maximum atomic E-state index is 12.4. The topological polar surface area (TPSA) is 107 Å². The summed E-state index contributed by atoms with van der Waals surface area (Å²) in [4.78, 5) is 18.3. The summed E-state index contributed by atoms with van der Waals surface area (Å²) >= 11 is 0. The van der Waals surface area contributed by atoms with Crippen molar-refractivity contribution in [2.45, 2.75) is 51.7 Å². The van der Waals surface area contributed by atoms with Gasteiger partial charge in [0.1, 0.15) is 5.75 Å². The van der Waals surface area contributed by atoms with Crippen molar-refractivity contribution in [2.24, 2.45) is 0 Å². The lowest BCUT2D eigenvalue weighted by molar-refractivity contribution is -0.0399. The van der Waals surface area contributed by atoms with E-state index < -0.39 is 17.7 Å². The van der Waals surface area contributed by atoms with Crippen molar-refractivity contribution in [1.82, 2.24) is 15.0 Å². The molecule has 1 atom stereocenters. The van der Waals surface area contributed by atoms with Gasteiger partial charge in [-0.15, -0.1) is 0 Å². The summed E-state index contributed by atoms with van der Waals surface area (Å²) in [5.74, 6) is 1.37. The van der Waals surface area contributed by atoms with Gasteiger partial charge in [-0.25, -0.2) is 4.79 Å². The minimum Gasteiger partial charge on any atom is -0.484 e. The number of ether oxygens (including phenoxy) is 3. The Morgan fingerprint density at radius 3 is 2.38 bits per heavy atom. The molecule has 1 fully saturated rings. The molecule has 208 valence electrons. The van der Waals surface area contributed by atoms with Crippen molar-refractivity contribution in [1.29, 1.82) is 0 Å². The summed E-state index contributed by atoms with van der Waals surface area (Å²) in [5, 5.41) is 14.3. The summed E-state index contributed by atoms with van der Waals surface area (Å²) < 4.78 is 22.5. The fourth-order valence-corrected chi connectivity index (χ4v) is 4.77. The van der Waals surface area contributed by atoms with Gasteiger partial charge in [-0.3, -0.25) is 4.90 Å². The molecule has 1 aliphatic heterocycles. The number of rotatable bonds is 9. The lowest BCUT2D eigenvalue weighted by Crippen LogP contribution is -2.47. The summed E-state index contributed by atoms with van der Waals surface area (Å²) in [6.45, 7) is 6.99. The van der Waals surface area contributed by atoms with Gasteiger partial charge in [0.25, 0.3) is 5.89 Å². The second kappa shape index (κ2) is 11.9. The van der Waals surface area contributed by atoms with Gasteiger partial charge in [-0.2, -0.15) is 4.98 Å². The van der Waals surface area contributed by atoms with Crippen molar-refractivity contribution in [3.63, 3.8) is 0 Å². The van der Waals surface area contributed by atoms with Crippen molar-refractivity contribution in [2.75, 3.05) is 13.2 Å². The van der Waals surface area contributed by atoms with Gasteiger partial charge in [0.05, 0.1) is 19.3 Å². The Kier molecular flexibility index (Phi) is 8.14. The van der Waals surface area contributed by atoms with E-state index in [1.165, 1.54) is 4.90 Å². The molecule has 1 aliphatic rings. The Bertz CT molecular complexity index is 1410. The van der Waals surface area contributed by atoms with Crippen molar-refractivity contribution >= 4 is 6.09 Å². The van der Waals surface area contributed by atoms with Crippen LogP contribution in [0.2, 0.25) is 0 Å². The number of benzene rings is 3. The predicted molar refractivity (Wildman–Crippen MR) is 148 cm³/mol. The second-order valence-corrected chi connectivity index (χ2v) is 10.6. The van der Waals surface area contributed by atoms with E-state index >= 15 is 0 Å². The summed E-state index contributed by atoms with van der Waals surface area (Å²) in [5.41, 5.74) is 2.95. The number of carboxylic acid groups (broad SMARTS) is 1. The summed E-state index contributed by atoms with van der Waals surface area (Å²) in [6, 6.07) is 24.4. The molecule has 1 amide bonds. The van der Waals surface area contributed by atoms with Gasteiger partial charge >= 0.3 is 6.09 Å². The van der Waals surface area contributed by atoms with Crippen LogP contribution in [0.4, 0.5) is 4.79 Å². The average Bonchev–Trinajstić information content (AvgIpc) is 3.63. The van der Waals surface area contributed by atoms with E-state index in [1.807, 2.05) is 99.6 Å². The molecule has 3 aromatic carbocycles. The highest BCUT2D eigenvalue weighted by atomic mass is 16.7. The molecule has 0 spiro atoms. The van der Waals surface area contributed by atoms with Crippen LogP contribution in [0, 0.1) is 0 Å². The molecule has 0 bridgehead atoms. The molecule has 0 aliphatic carbocycles. The Balaban J connectivity index is 1.29. The van der Waals surface area contributed by atoms with E-state index in [9.17, 15) is 9.90 Å². The first-order valence-corrected chi connectivity index (χ1v) is 13.2. The summed E-state index contributed by atoms with van der Waals surface area (Å²) in [7, 11) is 0. The molecule has 9 nitrogen and oxygen atoms in total. The number of aromatic nitrogens is 2. The Morgan fingerprint density at radius 2 is 1.70 bits per heavy atom. The smallest absolute Gasteiger partial charge is 0.408 e. The van der Waals surface area contributed by atoms with Crippen LogP contribution in [0.3, 0.4) is 0 Å². The Labute approximate surface area is 233 Å². The molecule has 1 N–H and O–H groups in total. The molecular weight excluding hydrogens is 510 g/mol. The number of carbonyl (C=O) groups is 1. The van der Waals surface area contributed by atoms with Crippen LogP contribution in [-0.4, -0.2) is 51.3 Å². The van der Waals surface area contributed by atoms with Crippen LogP contribution >= 0.6 is 0 Å². The molecular formula is C31H33N3O6. The van der Waals surface area contributed by atoms with Gasteiger partial charge in [0, 0.05) is 17.5 Å². The Morgan fingerprint density at radius 1 is 1.00 bits per heavy atom. The van der Waals surface area contributed by atoms with E-state index in [1.54, 1.807) is 0 Å². The highest BCUT2D eigenvalue weighted by molar-refractivity contribution is 5.68. The van der Waals surface area contributed by atoms with E-state index in [-0.39, 0.29) is 12.9 Å². The van der Waals surface area contributed by atoms with Gasteiger partial charge < -0.3 is 23.8 Å². The SMILES string of the molecule is CC(C)(C)N(C(=O)O)C(c1ccccc1)c1cccc(OCc2nc(-c3ccc(CC4OCCO4)cc3)no2)c1. The first-order chi connectivity index (χ1) is 19.3. The maximum absolute atomic E-state index is 12.4. The predicted octanol–water partition coefficient (Wildman–Crippen LogP) is 6.10. The minimum atomic E-state index is -1.00. The van der Waals surface area contributed by atoms with Gasteiger partial charge in [0.2, 0.25) is 5.82 Å². The van der Waals surface area contributed by atoms with Gasteiger partial charge in [0.15, 0.2) is 12.9 Å². The molecule has 2 heterocycles. The van der Waals surface area contributed by atoms with Crippen molar-refractivity contribution in [3.05, 3.63) is 101 Å². The molecule has 1 saturated heterocycles. The zero-order valence-electron chi connectivity index (χ0n) is 22.8. The molecule has 1 unspecified atom stereocenters. The van der Waals surface area contributed by atoms with Crippen LogP contribution in [0.15, 0.2) is 83.4 Å². The first-order valence-electron chi connectivity index (χ1n) is 13.2. The number of nitrogens with zero attached hydrogens (tertiary/aromatic N) is 3. The van der Waals surface area contributed by atoms with Crippen molar-refractivity contribution < 1.29 is 28.6 Å². The van der Waals surface area contributed by atoms with E-state index in [4.69, 9.17) is 18.7 Å². The zero-order chi connectivity index (χ0) is 28.1. The number of amides is 1. The van der Waals surface area contributed by atoms with Crippen LogP contribution < -0.4 is 4.74 Å². The van der Waals surface area contributed by atoms with Crippen LogP contribution in [0.25, 0.3) is 11.4 Å². The number of hydrogen-bond acceptors (Lipinski definition) is 7. The molecule has 0 saturated carbocycles. The van der Waals surface area contributed by atoms with Crippen LogP contribution in [-0.2, 0) is 22.5 Å². The van der Waals surface area contributed by atoms with E-state index in [0.29, 0.717) is 37.1 Å². The Hall–Kier alpha value is -4.21. The standard InChI is InChI=1S/C31H33N3O6/c1-31(2,3)34(30(35)36)28(22-8-5-4-6-9-22)24-10-7-11-25(19-24)39-20-26-32-29(33-40-26)23-14-12-21(13-15-23)18-27-37-16-17-38-27/h4-15,19,27-28H,16-18,20H2,1-3H3,(H,35,36). The van der Waals surface area contributed by atoms with Crippen LogP contribution in [0.1, 0.15) is 49.4 Å². The largest absolute Gasteiger partial charge is 0.484 e. The highest BCUT2D eigenvalue weighted by Gasteiger charge is 2.35. The van der Waals surface area contributed by atoms with E-state index in [0.717, 1.165) is 22.3 Å².